The Morgan fingerprint density at radius 2 is 2.19 bits per heavy atom. The van der Waals surface area contributed by atoms with Gasteiger partial charge in [-0.3, -0.25) is 14.2 Å². The molecule has 12 heteroatoms. The number of oxazole rings is 1. The molecule has 0 bridgehead atoms. The van der Waals surface area contributed by atoms with E-state index >= 15 is 0 Å². The summed E-state index contributed by atoms with van der Waals surface area (Å²) in [5, 5.41) is 12.8. The fraction of sp³-hybridized carbons (Fsp3) is 0.250. The Hall–Kier alpha value is -4.22. The molecule has 3 N–H and O–H groups in total. The van der Waals surface area contributed by atoms with Gasteiger partial charge in [-0.2, -0.15) is 9.61 Å². The zero-order valence-corrected chi connectivity index (χ0v) is 17.2. The van der Waals surface area contributed by atoms with Crippen molar-refractivity contribution in [2.45, 2.75) is 25.6 Å². The first-order chi connectivity index (χ1) is 15.5. The van der Waals surface area contributed by atoms with Crippen molar-refractivity contribution in [3.63, 3.8) is 0 Å². The Kier molecular flexibility index (Phi) is 4.61. The van der Waals surface area contributed by atoms with Crippen LogP contribution in [-0.4, -0.2) is 49.3 Å². The van der Waals surface area contributed by atoms with E-state index in [1.54, 1.807) is 38.4 Å². The van der Waals surface area contributed by atoms with Crippen LogP contribution in [0.25, 0.3) is 11.5 Å². The van der Waals surface area contributed by atoms with E-state index in [2.05, 4.69) is 31.0 Å². The van der Waals surface area contributed by atoms with Crippen LogP contribution in [0.3, 0.4) is 0 Å². The Morgan fingerprint density at radius 3 is 2.88 bits per heavy atom. The number of rotatable bonds is 6. The van der Waals surface area contributed by atoms with Gasteiger partial charge in [0, 0.05) is 25.7 Å². The third kappa shape index (κ3) is 3.35. The van der Waals surface area contributed by atoms with Crippen LogP contribution in [0, 0.1) is 6.92 Å². The fourth-order valence-corrected chi connectivity index (χ4v) is 3.34. The number of nitrogens with one attached hydrogen (secondary N) is 3. The molecule has 1 amide bonds. The molecular weight excluding hydrogens is 419 g/mol. The maximum Gasteiger partial charge on any atom is 0.281 e. The number of hydrogen-bond acceptors (Lipinski definition) is 8. The first kappa shape index (κ1) is 19.7. The smallest absolute Gasteiger partial charge is 0.281 e. The number of fused-ring (bicyclic) bond motifs is 1. The third-order valence-corrected chi connectivity index (χ3v) is 5.15. The standard InChI is InChI=1S/C20H19FN8O3/c1-10-20(32-9-23-10)28-5-3-4-13(19(28)31)25-15-7-16(22-2)29-17(27-15)11(8-24-29)18(30)26-14-6-12(14)21/h3-5,7-9,12,14,22H,6H2,1-2H3,(H,25,27)(H,26,30)/t12-,14+/m0/s1. The summed E-state index contributed by atoms with van der Waals surface area (Å²) in [6.45, 7) is 1.74. The lowest BCUT2D eigenvalue weighted by Gasteiger charge is -2.11. The summed E-state index contributed by atoms with van der Waals surface area (Å²) in [4.78, 5) is 34.0. The first-order valence-corrected chi connectivity index (χ1v) is 9.87. The van der Waals surface area contributed by atoms with Crippen molar-refractivity contribution in [3.8, 4) is 5.88 Å². The zero-order chi connectivity index (χ0) is 22.4. The van der Waals surface area contributed by atoms with Gasteiger partial charge >= 0.3 is 0 Å². The number of pyridine rings is 1. The SMILES string of the molecule is CNc1cc(Nc2cccn(-c3ocnc3C)c2=O)nc2c(C(=O)N[C@@H]3C[C@@H]3F)cnn12. The molecule has 1 fully saturated rings. The van der Waals surface area contributed by atoms with Gasteiger partial charge in [-0.05, 0) is 19.1 Å². The molecule has 0 radical (unpaired) electrons. The lowest BCUT2D eigenvalue weighted by Crippen LogP contribution is -2.27. The summed E-state index contributed by atoms with van der Waals surface area (Å²) in [6, 6.07) is 4.46. The maximum absolute atomic E-state index is 13.2. The number of carbonyl (C=O) groups is 1. The molecule has 0 aromatic carbocycles. The molecule has 5 rings (SSSR count). The highest BCUT2D eigenvalue weighted by molar-refractivity contribution is 6.00. The Morgan fingerprint density at radius 1 is 1.38 bits per heavy atom. The van der Waals surface area contributed by atoms with Gasteiger partial charge in [-0.15, -0.1) is 0 Å². The monoisotopic (exact) mass is 438 g/mol. The van der Waals surface area contributed by atoms with Crippen LogP contribution >= 0.6 is 0 Å². The Balaban J connectivity index is 1.52. The van der Waals surface area contributed by atoms with Crippen LogP contribution in [-0.2, 0) is 0 Å². The average Bonchev–Trinajstić information content (AvgIpc) is 3.14. The molecular formula is C20H19FN8O3. The second-order valence-electron chi connectivity index (χ2n) is 7.37. The van der Waals surface area contributed by atoms with E-state index in [4.69, 9.17) is 4.42 Å². The summed E-state index contributed by atoms with van der Waals surface area (Å²) in [5.41, 5.74) is 0.907. The minimum atomic E-state index is -1.02. The van der Waals surface area contributed by atoms with E-state index in [0.717, 1.165) is 0 Å². The van der Waals surface area contributed by atoms with Crippen LogP contribution in [0.15, 0.2) is 46.2 Å². The van der Waals surface area contributed by atoms with E-state index in [9.17, 15) is 14.0 Å². The van der Waals surface area contributed by atoms with Crippen LogP contribution in [0.5, 0.6) is 0 Å². The summed E-state index contributed by atoms with van der Waals surface area (Å²) >= 11 is 0. The molecule has 164 valence electrons. The molecule has 0 saturated heterocycles. The normalized spacial score (nSPS) is 17.3. The lowest BCUT2D eigenvalue weighted by molar-refractivity contribution is 0.0949. The van der Waals surface area contributed by atoms with Gasteiger partial charge in [0.2, 0.25) is 5.88 Å². The highest BCUT2D eigenvalue weighted by Crippen LogP contribution is 2.26. The van der Waals surface area contributed by atoms with Gasteiger partial charge in [0.25, 0.3) is 11.5 Å². The van der Waals surface area contributed by atoms with Crippen LogP contribution in [0.1, 0.15) is 22.5 Å². The third-order valence-electron chi connectivity index (χ3n) is 5.15. The minimum absolute atomic E-state index is 0.201. The van der Waals surface area contributed by atoms with Gasteiger partial charge in [-0.25, -0.2) is 14.4 Å². The first-order valence-electron chi connectivity index (χ1n) is 9.87. The highest BCUT2D eigenvalue weighted by Gasteiger charge is 2.39. The number of amides is 1. The largest absolute Gasteiger partial charge is 0.427 e. The number of anilines is 3. The fourth-order valence-electron chi connectivity index (χ4n) is 3.34. The molecule has 1 aliphatic carbocycles. The molecule has 1 aliphatic rings. The van der Waals surface area contributed by atoms with Crippen molar-refractivity contribution < 1.29 is 13.6 Å². The predicted molar refractivity (Wildman–Crippen MR) is 113 cm³/mol. The van der Waals surface area contributed by atoms with Crippen molar-refractivity contribution in [1.29, 1.82) is 0 Å². The molecule has 4 aromatic rings. The quantitative estimate of drug-likeness (QED) is 0.415. The number of halogens is 1. The van der Waals surface area contributed by atoms with Crippen molar-refractivity contribution in [3.05, 3.63) is 58.6 Å². The van der Waals surface area contributed by atoms with Crippen molar-refractivity contribution in [2.75, 3.05) is 17.7 Å². The zero-order valence-electron chi connectivity index (χ0n) is 17.2. The van der Waals surface area contributed by atoms with Gasteiger partial charge < -0.3 is 20.4 Å². The maximum atomic E-state index is 13.2. The van der Waals surface area contributed by atoms with Crippen molar-refractivity contribution in [2.24, 2.45) is 0 Å². The Bertz CT molecular complexity index is 1390. The van der Waals surface area contributed by atoms with Gasteiger partial charge in [0.15, 0.2) is 12.0 Å². The summed E-state index contributed by atoms with van der Waals surface area (Å²) in [5.74, 6) is 0.711. The van der Waals surface area contributed by atoms with E-state index < -0.39 is 18.1 Å². The summed E-state index contributed by atoms with van der Waals surface area (Å²) < 4.78 is 21.3. The van der Waals surface area contributed by atoms with Crippen LogP contribution < -0.4 is 21.5 Å². The molecule has 4 aromatic heterocycles. The molecule has 1 saturated carbocycles. The second-order valence-corrected chi connectivity index (χ2v) is 7.37. The second kappa shape index (κ2) is 7.48. The van der Waals surface area contributed by atoms with Crippen LogP contribution in [0.2, 0.25) is 0 Å². The van der Waals surface area contributed by atoms with Gasteiger partial charge in [0.1, 0.15) is 34.8 Å². The number of hydrogen-bond donors (Lipinski definition) is 3. The number of aromatic nitrogens is 5. The average molecular weight is 438 g/mol. The Labute approximate surface area is 180 Å². The summed E-state index contributed by atoms with van der Waals surface area (Å²) in [6.07, 6.45) is 3.50. The molecule has 0 aliphatic heterocycles. The van der Waals surface area contributed by atoms with Crippen LogP contribution in [0.4, 0.5) is 21.7 Å². The number of carbonyl (C=O) groups excluding carboxylic acids is 1. The van der Waals surface area contributed by atoms with E-state index in [-0.39, 0.29) is 22.5 Å². The van der Waals surface area contributed by atoms with Gasteiger partial charge in [-0.1, -0.05) is 0 Å². The number of aryl methyl sites for hydroxylation is 1. The highest BCUT2D eigenvalue weighted by atomic mass is 19.1. The van der Waals surface area contributed by atoms with Crippen molar-refractivity contribution in [1.82, 2.24) is 29.5 Å². The molecule has 4 heterocycles. The molecule has 0 spiro atoms. The predicted octanol–water partition coefficient (Wildman–Crippen LogP) is 1.80. The number of alkyl halides is 1. The molecule has 2 atom stereocenters. The molecule has 11 nitrogen and oxygen atoms in total. The van der Waals surface area contributed by atoms with E-state index in [1.807, 2.05) is 0 Å². The lowest BCUT2D eigenvalue weighted by atomic mass is 10.3. The van der Waals surface area contributed by atoms with E-state index in [1.165, 1.54) is 21.7 Å². The van der Waals surface area contributed by atoms with E-state index in [0.29, 0.717) is 29.6 Å². The van der Waals surface area contributed by atoms with Crippen molar-refractivity contribution >= 4 is 28.9 Å². The van der Waals surface area contributed by atoms with Gasteiger partial charge in [0.05, 0.1) is 12.2 Å². The number of nitrogens with zero attached hydrogens (tertiary/aromatic N) is 5. The molecule has 32 heavy (non-hydrogen) atoms. The summed E-state index contributed by atoms with van der Waals surface area (Å²) in [7, 11) is 1.69. The molecule has 0 unspecified atom stereocenters. The topological polar surface area (TPSA) is 131 Å². The minimum Gasteiger partial charge on any atom is -0.427 e.